The molecule has 5 nitrogen and oxygen atoms in total. The third-order valence-corrected chi connectivity index (χ3v) is 5.67. The van der Waals surface area contributed by atoms with Gasteiger partial charge in [0.25, 0.3) is 0 Å². The van der Waals surface area contributed by atoms with Gasteiger partial charge in [0.1, 0.15) is 5.75 Å². The number of thiazole rings is 1. The Labute approximate surface area is 159 Å². The summed E-state index contributed by atoms with van der Waals surface area (Å²) in [7, 11) is 1.63. The molecule has 0 N–H and O–H groups in total. The van der Waals surface area contributed by atoms with E-state index in [1.807, 2.05) is 42.5 Å². The first-order chi connectivity index (χ1) is 12.8. The molecule has 0 saturated heterocycles. The Morgan fingerprint density at radius 1 is 1.04 bits per heavy atom. The van der Waals surface area contributed by atoms with Gasteiger partial charge in [-0.25, -0.2) is 4.98 Å². The maximum atomic E-state index is 5.36. The third kappa shape index (κ3) is 3.79. The summed E-state index contributed by atoms with van der Waals surface area (Å²) in [5.74, 6) is 2.48. The van der Waals surface area contributed by atoms with E-state index >= 15 is 0 Å². The van der Waals surface area contributed by atoms with Crippen LogP contribution >= 0.6 is 23.1 Å². The Morgan fingerprint density at radius 3 is 2.73 bits per heavy atom. The summed E-state index contributed by atoms with van der Waals surface area (Å²) >= 11 is 3.21. The molecule has 4 aromatic rings. The number of hydrogen-bond acceptors (Lipinski definition) is 7. The largest absolute Gasteiger partial charge is 0.497 e. The number of rotatable bonds is 6. The number of nitrogens with zero attached hydrogens (tertiary/aromatic N) is 3. The number of hydrogen-bond donors (Lipinski definition) is 0. The van der Waals surface area contributed by atoms with E-state index in [0.717, 1.165) is 26.9 Å². The second-order valence-corrected chi connectivity index (χ2v) is 7.48. The van der Waals surface area contributed by atoms with Crippen LogP contribution in [-0.4, -0.2) is 22.2 Å². The van der Waals surface area contributed by atoms with Crippen molar-refractivity contribution in [2.45, 2.75) is 10.1 Å². The maximum Gasteiger partial charge on any atom is 0.237 e. The second-order valence-electron chi connectivity index (χ2n) is 5.40. The molecule has 0 radical (unpaired) electrons. The van der Waals surface area contributed by atoms with Crippen LogP contribution in [0, 0.1) is 0 Å². The highest BCUT2D eigenvalue weighted by molar-refractivity contribution is 8.00. The van der Waals surface area contributed by atoms with E-state index in [9.17, 15) is 0 Å². The van der Waals surface area contributed by atoms with Crippen molar-refractivity contribution >= 4 is 23.1 Å². The lowest BCUT2D eigenvalue weighted by Crippen LogP contribution is -1.86. The van der Waals surface area contributed by atoms with Crippen molar-refractivity contribution < 1.29 is 9.26 Å². The minimum atomic E-state index is 0.559. The van der Waals surface area contributed by atoms with Crippen molar-refractivity contribution in [2.75, 3.05) is 7.11 Å². The van der Waals surface area contributed by atoms with Crippen molar-refractivity contribution in [3.05, 3.63) is 65.9 Å². The van der Waals surface area contributed by atoms with E-state index in [0.29, 0.717) is 17.5 Å². The first-order valence-corrected chi connectivity index (χ1v) is 9.79. The summed E-state index contributed by atoms with van der Waals surface area (Å²) in [6.07, 6.45) is 0. The molecule has 0 unspecified atom stereocenters. The Bertz CT molecular complexity index is 999. The zero-order valence-corrected chi connectivity index (χ0v) is 15.6. The number of ether oxygens (including phenoxy) is 1. The lowest BCUT2D eigenvalue weighted by atomic mass is 10.2. The van der Waals surface area contributed by atoms with Crippen molar-refractivity contribution in [3.63, 3.8) is 0 Å². The summed E-state index contributed by atoms with van der Waals surface area (Å²) in [6, 6.07) is 17.7. The van der Waals surface area contributed by atoms with Crippen LogP contribution < -0.4 is 4.74 Å². The van der Waals surface area contributed by atoms with Gasteiger partial charge in [-0.1, -0.05) is 59.4 Å². The van der Waals surface area contributed by atoms with Crippen molar-refractivity contribution in [2.24, 2.45) is 0 Å². The van der Waals surface area contributed by atoms with Gasteiger partial charge in [0, 0.05) is 16.5 Å². The normalized spacial score (nSPS) is 10.8. The van der Waals surface area contributed by atoms with Crippen LogP contribution in [0.25, 0.3) is 22.6 Å². The Morgan fingerprint density at radius 2 is 1.88 bits per heavy atom. The van der Waals surface area contributed by atoms with Gasteiger partial charge in [0.15, 0.2) is 4.34 Å². The summed E-state index contributed by atoms with van der Waals surface area (Å²) in [4.78, 5) is 9.12. The molecule has 26 heavy (non-hydrogen) atoms. The zero-order valence-electron chi connectivity index (χ0n) is 14.0. The monoisotopic (exact) mass is 381 g/mol. The highest BCUT2D eigenvalue weighted by atomic mass is 32.2. The molecule has 0 amide bonds. The molecule has 0 aliphatic heterocycles. The molecule has 2 aromatic heterocycles. The summed E-state index contributed by atoms with van der Waals surface area (Å²) in [6.45, 7) is 0. The Hall–Kier alpha value is -2.64. The van der Waals surface area contributed by atoms with E-state index in [1.54, 1.807) is 30.2 Å². The van der Waals surface area contributed by atoms with E-state index in [-0.39, 0.29) is 0 Å². The predicted molar refractivity (Wildman–Crippen MR) is 103 cm³/mol. The molecule has 2 aromatic carbocycles. The minimum Gasteiger partial charge on any atom is -0.497 e. The third-order valence-electron chi connectivity index (χ3n) is 3.67. The molecule has 0 bridgehead atoms. The molecule has 2 heterocycles. The van der Waals surface area contributed by atoms with Crippen LogP contribution in [0.15, 0.2) is 68.8 Å². The van der Waals surface area contributed by atoms with Crippen LogP contribution in [0.2, 0.25) is 0 Å². The Kier molecular flexibility index (Phi) is 4.99. The fourth-order valence-electron chi connectivity index (χ4n) is 2.38. The lowest BCUT2D eigenvalue weighted by Gasteiger charge is -1.99. The van der Waals surface area contributed by atoms with Gasteiger partial charge in [-0.15, -0.1) is 11.3 Å². The maximum absolute atomic E-state index is 5.36. The molecule has 0 saturated carbocycles. The summed E-state index contributed by atoms with van der Waals surface area (Å²) in [5.41, 5.74) is 2.97. The highest BCUT2D eigenvalue weighted by Gasteiger charge is 2.11. The zero-order chi connectivity index (χ0) is 17.8. The molecule has 130 valence electrons. The number of methoxy groups -OCH3 is 1. The summed E-state index contributed by atoms with van der Waals surface area (Å²) < 4.78 is 11.6. The van der Waals surface area contributed by atoms with Crippen LogP contribution in [-0.2, 0) is 5.75 Å². The first-order valence-electron chi connectivity index (χ1n) is 7.92. The fraction of sp³-hybridized carbons (Fsp3) is 0.105. The fourth-order valence-corrected chi connectivity index (χ4v) is 4.05. The van der Waals surface area contributed by atoms with Crippen molar-refractivity contribution in [1.29, 1.82) is 0 Å². The predicted octanol–water partition coefficient (Wildman–Crippen LogP) is 5.16. The van der Waals surface area contributed by atoms with Gasteiger partial charge in [0.2, 0.25) is 11.7 Å². The second kappa shape index (κ2) is 7.72. The van der Waals surface area contributed by atoms with Crippen LogP contribution in [0.3, 0.4) is 0 Å². The van der Waals surface area contributed by atoms with Gasteiger partial charge in [0.05, 0.1) is 18.6 Å². The number of aromatic nitrogens is 3. The Balaban J connectivity index is 1.43. The molecule has 0 atom stereocenters. The highest BCUT2D eigenvalue weighted by Crippen LogP contribution is 2.30. The van der Waals surface area contributed by atoms with E-state index in [4.69, 9.17) is 9.26 Å². The molecule has 7 heteroatoms. The van der Waals surface area contributed by atoms with Gasteiger partial charge < -0.3 is 9.26 Å². The van der Waals surface area contributed by atoms with Gasteiger partial charge in [-0.2, -0.15) is 4.98 Å². The SMILES string of the molecule is COc1cccc(-c2noc(CSc3nc(-c4ccccc4)cs3)n2)c1. The standard InChI is InChI=1S/C19H15N3O2S2/c1-23-15-9-5-8-14(10-15)18-21-17(24-22-18)12-26-19-20-16(11-25-19)13-6-3-2-4-7-13/h2-11H,12H2,1H3. The van der Waals surface area contributed by atoms with Crippen molar-refractivity contribution in [3.8, 4) is 28.4 Å². The topological polar surface area (TPSA) is 61.0 Å². The molecular formula is C19H15N3O2S2. The van der Waals surface area contributed by atoms with Crippen LogP contribution in [0.1, 0.15) is 5.89 Å². The quantitative estimate of drug-likeness (QED) is 0.430. The van der Waals surface area contributed by atoms with E-state index in [1.165, 1.54) is 0 Å². The lowest BCUT2D eigenvalue weighted by molar-refractivity contribution is 0.391. The van der Waals surface area contributed by atoms with Crippen LogP contribution in [0.5, 0.6) is 5.75 Å². The molecule has 0 spiro atoms. The number of thioether (sulfide) groups is 1. The smallest absolute Gasteiger partial charge is 0.237 e. The van der Waals surface area contributed by atoms with Crippen molar-refractivity contribution in [1.82, 2.24) is 15.1 Å². The van der Waals surface area contributed by atoms with E-state index in [2.05, 4.69) is 32.6 Å². The number of benzene rings is 2. The first kappa shape index (κ1) is 16.8. The molecular weight excluding hydrogens is 366 g/mol. The summed E-state index contributed by atoms with van der Waals surface area (Å²) in [5, 5.41) is 6.12. The average molecular weight is 381 g/mol. The van der Waals surface area contributed by atoms with Gasteiger partial charge in [-0.05, 0) is 12.1 Å². The van der Waals surface area contributed by atoms with Crippen LogP contribution in [0.4, 0.5) is 0 Å². The molecule has 0 aliphatic carbocycles. The van der Waals surface area contributed by atoms with Gasteiger partial charge >= 0.3 is 0 Å². The molecule has 4 rings (SSSR count). The van der Waals surface area contributed by atoms with Gasteiger partial charge in [-0.3, -0.25) is 0 Å². The molecule has 0 fully saturated rings. The minimum absolute atomic E-state index is 0.559. The average Bonchev–Trinajstić information content (AvgIpc) is 3.37. The molecule has 0 aliphatic rings. The van der Waals surface area contributed by atoms with E-state index < -0.39 is 0 Å².